The van der Waals surface area contributed by atoms with Gasteiger partial charge in [0.15, 0.2) is 0 Å². The molecular formula is C19H19FN2O3. The number of halogens is 1. The molecule has 0 aromatic heterocycles. The van der Waals surface area contributed by atoms with Crippen LogP contribution in [0.3, 0.4) is 0 Å². The topological polar surface area (TPSA) is 58.6 Å². The molecule has 3 rings (SSSR count). The Morgan fingerprint density at radius 1 is 1.28 bits per heavy atom. The molecule has 1 aliphatic heterocycles. The van der Waals surface area contributed by atoms with Crippen LogP contribution in [-0.4, -0.2) is 25.5 Å². The molecule has 2 aromatic carbocycles. The van der Waals surface area contributed by atoms with Gasteiger partial charge in [0.2, 0.25) is 11.8 Å². The number of carbonyl (C=O) groups is 2. The van der Waals surface area contributed by atoms with E-state index in [9.17, 15) is 14.0 Å². The van der Waals surface area contributed by atoms with E-state index in [4.69, 9.17) is 4.74 Å². The van der Waals surface area contributed by atoms with Crippen LogP contribution in [-0.2, 0) is 16.0 Å². The zero-order valence-electron chi connectivity index (χ0n) is 13.9. The summed E-state index contributed by atoms with van der Waals surface area (Å²) in [6.07, 6.45) is 1.44. The Morgan fingerprint density at radius 2 is 2.12 bits per heavy atom. The fourth-order valence-electron chi connectivity index (χ4n) is 2.92. The average Bonchev–Trinajstić information content (AvgIpc) is 3.00. The van der Waals surface area contributed by atoms with Gasteiger partial charge in [-0.05, 0) is 36.2 Å². The number of nitrogens with zero attached hydrogens (tertiary/aromatic N) is 1. The second-order valence-electron chi connectivity index (χ2n) is 5.89. The number of hydrogen-bond acceptors (Lipinski definition) is 3. The molecule has 0 spiro atoms. The number of ether oxygens (including phenoxy) is 1. The highest BCUT2D eigenvalue weighted by molar-refractivity contribution is 5.98. The normalized spacial score (nSPS) is 13.8. The quantitative estimate of drug-likeness (QED) is 0.908. The highest BCUT2D eigenvalue weighted by Gasteiger charge is 2.24. The molecule has 0 radical (unpaired) electrons. The monoisotopic (exact) mass is 342 g/mol. The van der Waals surface area contributed by atoms with E-state index in [-0.39, 0.29) is 24.1 Å². The minimum Gasteiger partial charge on any atom is -0.494 e. The first-order valence-corrected chi connectivity index (χ1v) is 8.09. The Kier molecular flexibility index (Phi) is 4.97. The summed E-state index contributed by atoms with van der Waals surface area (Å²) in [6.45, 7) is 0.667. The predicted octanol–water partition coefficient (Wildman–Crippen LogP) is 3.14. The third-order valence-corrected chi connectivity index (χ3v) is 4.08. The van der Waals surface area contributed by atoms with E-state index in [0.717, 1.165) is 6.42 Å². The van der Waals surface area contributed by atoms with E-state index >= 15 is 0 Å². The maximum Gasteiger partial charge on any atom is 0.228 e. The number of amides is 2. The van der Waals surface area contributed by atoms with Crippen molar-refractivity contribution >= 4 is 23.2 Å². The number of nitrogens with one attached hydrogen (secondary N) is 1. The van der Waals surface area contributed by atoms with Gasteiger partial charge in [-0.1, -0.05) is 12.1 Å². The summed E-state index contributed by atoms with van der Waals surface area (Å²) >= 11 is 0. The molecule has 1 fully saturated rings. The van der Waals surface area contributed by atoms with Crippen molar-refractivity contribution in [2.24, 2.45) is 0 Å². The van der Waals surface area contributed by atoms with Crippen molar-refractivity contribution in [1.29, 1.82) is 0 Å². The fraction of sp³-hybridized carbons (Fsp3) is 0.263. The summed E-state index contributed by atoms with van der Waals surface area (Å²) in [5.74, 6) is -0.0238. The lowest BCUT2D eigenvalue weighted by Gasteiger charge is -2.19. The van der Waals surface area contributed by atoms with Gasteiger partial charge in [0, 0.05) is 24.7 Å². The summed E-state index contributed by atoms with van der Waals surface area (Å²) in [6, 6.07) is 11.1. The molecule has 25 heavy (non-hydrogen) atoms. The van der Waals surface area contributed by atoms with Crippen LogP contribution in [0, 0.1) is 5.82 Å². The summed E-state index contributed by atoms with van der Waals surface area (Å²) < 4.78 is 18.6. The number of benzene rings is 2. The van der Waals surface area contributed by atoms with Crippen molar-refractivity contribution in [2.45, 2.75) is 19.3 Å². The molecule has 0 saturated carbocycles. The predicted molar refractivity (Wildman–Crippen MR) is 93.3 cm³/mol. The van der Waals surface area contributed by atoms with Crippen molar-refractivity contribution < 1.29 is 18.7 Å². The number of hydrogen-bond donors (Lipinski definition) is 1. The summed E-state index contributed by atoms with van der Waals surface area (Å²) in [5, 5.41) is 2.77. The van der Waals surface area contributed by atoms with Crippen LogP contribution in [0.15, 0.2) is 42.5 Å². The Balaban J connectivity index is 1.72. The number of methoxy groups -OCH3 is 1. The summed E-state index contributed by atoms with van der Waals surface area (Å²) in [5.41, 5.74) is 1.87. The molecule has 1 N–H and O–H groups in total. The molecule has 0 aliphatic carbocycles. The molecule has 0 bridgehead atoms. The van der Waals surface area contributed by atoms with E-state index in [0.29, 0.717) is 35.7 Å². The molecule has 1 saturated heterocycles. The molecule has 1 heterocycles. The van der Waals surface area contributed by atoms with Crippen molar-refractivity contribution in [2.75, 3.05) is 23.9 Å². The van der Waals surface area contributed by atoms with Crippen molar-refractivity contribution in [3.05, 3.63) is 53.8 Å². The zero-order chi connectivity index (χ0) is 17.8. The van der Waals surface area contributed by atoms with Gasteiger partial charge in [-0.25, -0.2) is 4.39 Å². The lowest BCUT2D eigenvalue weighted by molar-refractivity contribution is -0.117. The number of carbonyl (C=O) groups excluding carboxylic acids is 2. The third kappa shape index (κ3) is 3.96. The molecule has 0 unspecified atom stereocenters. The van der Waals surface area contributed by atoms with Crippen LogP contribution < -0.4 is 15.0 Å². The second kappa shape index (κ2) is 7.34. The van der Waals surface area contributed by atoms with Gasteiger partial charge < -0.3 is 15.0 Å². The van der Waals surface area contributed by atoms with E-state index < -0.39 is 0 Å². The minimum atomic E-state index is -0.369. The lowest BCUT2D eigenvalue weighted by atomic mass is 10.1. The summed E-state index contributed by atoms with van der Waals surface area (Å²) in [7, 11) is 1.53. The highest BCUT2D eigenvalue weighted by atomic mass is 19.1. The lowest BCUT2D eigenvalue weighted by Crippen LogP contribution is -2.24. The molecule has 1 aliphatic rings. The SMILES string of the molecule is COc1cc(NC(=O)Cc2cccc(F)c2)ccc1N1CCCC1=O. The number of rotatable bonds is 5. The Morgan fingerprint density at radius 3 is 2.80 bits per heavy atom. The van der Waals surface area contributed by atoms with Gasteiger partial charge in [0.1, 0.15) is 11.6 Å². The van der Waals surface area contributed by atoms with Gasteiger partial charge in [0.05, 0.1) is 19.2 Å². The van der Waals surface area contributed by atoms with Gasteiger partial charge in [0.25, 0.3) is 0 Å². The highest BCUT2D eigenvalue weighted by Crippen LogP contribution is 2.33. The average molecular weight is 342 g/mol. The molecule has 2 amide bonds. The molecule has 5 nitrogen and oxygen atoms in total. The maximum atomic E-state index is 13.2. The first-order chi connectivity index (χ1) is 12.1. The van der Waals surface area contributed by atoms with E-state index in [2.05, 4.69) is 5.32 Å². The van der Waals surface area contributed by atoms with E-state index in [1.807, 2.05) is 0 Å². The Hall–Kier alpha value is -2.89. The molecular weight excluding hydrogens is 323 g/mol. The van der Waals surface area contributed by atoms with Crippen molar-refractivity contribution in [3.8, 4) is 5.75 Å². The molecule has 2 aromatic rings. The van der Waals surface area contributed by atoms with Gasteiger partial charge in [-0.15, -0.1) is 0 Å². The van der Waals surface area contributed by atoms with E-state index in [1.54, 1.807) is 35.2 Å². The van der Waals surface area contributed by atoms with E-state index in [1.165, 1.54) is 19.2 Å². The van der Waals surface area contributed by atoms with Crippen LogP contribution in [0.2, 0.25) is 0 Å². The largest absolute Gasteiger partial charge is 0.494 e. The second-order valence-corrected chi connectivity index (χ2v) is 5.89. The smallest absolute Gasteiger partial charge is 0.228 e. The Bertz CT molecular complexity index is 807. The maximum absolute atomic E-state index is 13.2. The third-order valence-electron chi connectivity index (χ3n) is 4.08. The van der Waals surface area contributed by atoms with Gasteiger partial charge >= 0.3 is 0 Å². The standard InChI is InChI=1S/C19H19FN2O3/c1-25-17-12-15(7-8-16(17)22-9-3-6-19(22)24)21-18(23)11-13-4-2-5-14(20)10-13/h2,4-5,7-8,10,12H,3,6,9,11H2,1H3,(H,21,23). The van der Waals surface area contributed by atoms with Crippen molar-refractivity contribution in [3.63, 3.8) is 0 Å². The first kappa shape index (κ1) is 17.0. The minimum absolute atomic E-state index is 0.0705. The number of anilines is 2. The summed E-state index contributed by atoms with van der Waals surface area (Å²) in [4.78, 5) is 25.7. The van der Waals surface area contributed by atoms with Crippen LogP contribution in [0.5, 0.6) is 5.75 Å². The Labute approximate surface area is 145 Å². The van der Waals surface area contributed by atoms with Crippen molar-refractivity contribution in [1.82, 2.24) is 0 Å². The van der Waals surface area contributed by atoms with Crippen LogP contribution in [0.1, 0.15) is 18.4 Å². The van der Waals surface area contributed by atoms with Gasteiger partial charge in [-0.3, -0.25) is 9.59 Å². The fourth-order valence-corrected chi connectivity index (χ4v) is 2.92. The molecule has 0 atom stereocenters. The van der Waals surface area contributed by atoms with Crippen LogP contribution >= 0.6 is 0 Å². The zero-order valence-corrected chi connectivity index (χ0v) is 13.9. The molecule has 6 heteroatoms. The molecule has 130 valence electrons. The van der Waals surface area contributed by atoms with Gasteiger partial charge in [-0.2, -0.15) is 0 Å². The van der Waals surface area contributed by atoms with Crippen LogP contribution in [0.25, 0.3) is 0 Å². The first-order valence-electron chi connectivity index (χ1n) is 8.09. The van der Waals surface area contributed by atoms with Crippen LogP contribution in [0.4, 0.5) is 15.8 Å².